The van der Waals surface area contributed by atoms with Gasteiger partial charge in [-0.05, 0) is 51.0 Å². The monoisotopic (exact) mass is 354 g/mol. The predicted octanol–water partition coefficient (Wildman–Crippen LogP) is 2.20. The molecule has 134 valence electrons. The van der Waals surface area contributed by atoms with Gasteiger partial charge in [0, 0.05) is 6.04 Å². The van der Waals surface area contributed by atoms with Crippen molar-refractivity contribution in [3.8, 4) is 5.75 Å². The number of carbonyl (C=O) groups is 1. The third kappa shape index (κ3) is 5.21. The van der Waals surface area contributed by atoms with Gasteiger partial charge in [-0.1, -0.05) is 19.3 Å². The fraction of sp³-hybridized carbons (Fsp3) is 0.588. The van der Waals surface area contributed by atoms with Gasteiger partial charge >= 0.3 is 0 Å². The Morgan fingerprint density at radius 1 is 1.21 bits per heavy atom. The topological polar surface area (TPSA) is 84.5 Å². The molecule has 0 radical (unpaired) electrons. The van der Waals surface area contributed by atoms with Crippen LogP contribution in [0.15, 0.2) is 29.2 Å². The van der Waals surface area contributed by atoms with E-state index in [1.165, 1.54) is 18.6 Å². The van der Waals surface area contributed by atoms with Crippen molar-refractivity contribution in [1.82, 2.24) is 10.0 Å². The van der Waals surface area contributed by atoms with Crippen molar-refractivity contribution in [2.75, 3.05) is 6.61 Å². The second kappa shape index (κ2) is 8.48. The molecule has 7 heteroatoms. The molecule has 1 aromatic rings. The lowest BCUT2D eigenvalue weighted by atomic mass is 9.95. The number of hydrogen-bond donors (Lipinski definition) is 2. The van der Waals surface area contributed by atoms with E-state index in [1.807, 2.05) is 6.92 Å². The molecule has 6 nitrogen and oxygen atoms in total. The molecule has 1 saturated carbocycles. The minimum absolute atomic E-state index is 0.114. The second-order valence-electron chi connectivity index (χ2n) is 6.09. The Bertz CT molecular complexity index is 637. The van der Waals surface area contributed by atoms with E-state index in [-0.39, 0.29) is 16.8 Å². The number of amides is 1. The zero-order chi connectivity index (χ0) is 17.6. The van der Waals surface area contributed by atoms with Gasteiger partial charge in [0.15, 0.2) is 0 Å². The van der Waals surface area contributed by atoms with E-state index < -0.39 is 16.1 Å². The van der Waals surface area contributed by atoms with Gasteiger partial charge in [-0.15, -0.1) is 0 Å². The maximum atomic E-state index is 12.4. The lowest BCUT2D eigenvalue weighted by Crippen LogP contribution is -2.48. The van der Waals surface area contributed by atoms with Gasteiger partial charge in [-0.25, -0.2) is 8.42 Å². The predicted molar refractivity (Wildman–Crippen MR) is 92.4 cm³/mol. The van der Waals surface area contributed by atoms with Crippen LogP contribution in [0.2, 0.25) is 0 Å². The number of sulfonamides is 1. The van der Waals surface area contributed by atoms with E-state index in [0.717, 1.165) is 25.7 Å². The average Bonchev–Trinajstić information content (AvgIpc) is 2.56. The number of nitrogens with one attached hydrogen (secondary N) is 2. The number of hydrogen-bond acceptors (Lipinski definition) is 4. The molecule has 0 saturated heterocycles. The van der Waals surface area contributed by atoms with Gasteiger partial charge in [0.1, 0.15) is 5.75 Å². The van der Waals surface area contributed by atoms with Gasteiger partial charge < -0.3 is 10.1 Å². The molecule has 1 atom stereocenters. The molecule has 0 heterocycles. The first-order valence-electron chi connectivity index (χ1n) is 8.48. The maximum Gasteiger partial charge on any atom is 0.241 e. The fourth-order valence-corrected chi connectivity index (χ4v) is 4.01. The minimum Gasteiger partial charge on any atom is -0.494 e. The van der Waals surface area contributed by atoms with Crippen molar-refractivity contribution < 1.29 is 17.9 Å². The summed E-state index contributed by atoms with van der Waals surface area (Å²) in [6, 6.07) is 5.49. The van der Waals surface area contributed by atoms with Crippen LogP contribution in [0.1, 0.15) is 46.0 Å². The summed E-state index contributed by atoms with van der Waals surface area (Å²) in [5, 5.41) is 2.93. The van der Waals surface area contributed by atoms with Crippen LogP contribution in [0.5, 0.6) is 5.75 Å². The van der Waals surface area contributed by atoms with Crippen LogP contribution in [0, 0.1) is 0 Å². The standard InChI is InChI=1S/C17H26N2O4S/c1-3-23-15-9-11-16(12-10-15)24(21,22)19-13(2)17(20)18-14-7-5-4-6-8-14/h9-14,19H,3-8H2,1-2H3,(H,18,20)/t13-/m0/s1. The summed E-state index contributed by atoms with van der Waals surface area (Å²) in [5.41, 5.74) is 0. The fourth-order valence-electron chi connectivity index (χ4n) is 2.81. The molecule has 24 heavy (non-hydrogen) atoms. The highest BCUT2D eigenvalue weighted by Gasteiger charge is 2.24. The molecule has 1 aliphatic carbocycles. The molecule has 2 rings (SSSR count). The van der Waals surface area contributed by atoms with Crippen molar-refractivity contribution in [2.45, 2.75) is 62.9 Å². The van der Waals surface area contributed by atoms with E-state index >= 15 is 0 Å². The summed E-state index contributed by atoms with van der Waals surface area (Å²) in [6.07, 6.45) is 5.34. The first-order chi connectivity index (χ1) is 11.4. The second-order valence-corrected chi connectivity index (χ2v) is 7.80. The van der Waals surface area contributed by atoms with Crippen LogP contribution in [0.3, 0.4) is 0 Å². The quantitative estimate of drug-likeness (QED) is 0.786. The van der Waals surface area contributed by atoms with Crippen LogP contribution in [-0.4, -0.2) is 33.0 Å². The molecule has 1 aliphatic rings. The third-order valence-electron chi connectivity index (χ3n) is 4.12. The van der Waals surface area contributed by atoms with E-state index in [9.17, 15) is 13.2 Å². The highest BCUT2D eigenvalue weighted by molar-refractivity contribution is 7.89. The Labute approximate surface area is 144 Å². The van der Waals surface area contributed by atoms with Crippen LogP contribution >= 0.6 is 0 Å². The molecule has 0 unspecified atom stereocenters. The summed E-state index contributed by atoms with van der Waals surface area (Å²) < 4.78 is 32.5. The molecule has 0 aliphatic heterocycles. The van der Waals surface area contributed by atoms with Gasteiger partial charge in [0.2, 0.25) is 15.9 Å². The zero-order valence-electron chi connectivity index (χ0n) is 14.2. The molecule has 0 spiro atoms. The lowest BCUT2D eigenvalue weighted by molar-refractivity contribution is -0.123. The van der Waals surface area contributed by atoms with Crippen molar-refractivity contribution in [3.63, 3.8) is 0 Å². The maximum absolute atomic E-state index is 12.4. The Kier molecular flexibility index (Phi) is 6.62. The van der Waals surface area contributed by atoms with Gasteiger partial charge in [-0.3, -0.25) is 4.79 Å². The zero-order valence-corrected chi connectivity index (χ0v) is 15.1. The van der Waals surface area contributed by atoms with E-state index in [2.05, 4.69) is 10.0 Å². The Balaban J connectivity index is 1.95. The molecule has 0 aromatic heterocycles. The normalized spacial score (nSPS) is 17.2. The van der Waals surface area contributed by atoms with Crippen molar-refractivity contribution in [2.24, 2.45) is 0 Å². The molecule has 1 amide bonds. The van der Waals surface area contributed by atoms with Gasteiger partial charge in [0.25, 0.3) is 0 Å². The van der Waals surface area contributed by atoms with Crippen molar-refractivity contribution in [3.05, 3.63) is 24.3 Å². The Morgan fingerprint density at radius 3 is 2.42 bits per heavy atom. The smallest absolute Gasteiger partial charge is 0.241 e. The molecule has 2 N–H and O–H groups in total. The third-order valence-corrected chi connectivity index (χ3v) is 5.68. The molecule has 0 bridgehead atoms. The largest absolute Gasteiger partial charge is 0.494 e. The van der Waals surface area contributed by atoms with Gasteiger partial charge in [0.05, 0.1) is 17.5 Å². The summed E-state index contributed by atoms with van der Waals surface area (Å²) in [7, 11) is -3.74. The summed E-state index contributed by atoms with van der Waals surface area (Å²) in [6.45, 7) is 3.94. The van der Waals surface area contributed by atoms with Gasteiger partial charge in [-0.2, -0.15) is 4.72 Å². The SMILES string of the molecule is CCOc1ccc(S(=O)(=O)N[C@@H](C)C(=O)NC2CCCCC2)cc1. The number of ether oxygens (including phenoxy) is 1. The van der Waals surface area contributed by atoms with Crippen molar-refractivity contribution >= 4 is 15.9 Å². The Hall–Kier alpha value is -1.60. The number of carbonyl (C=O) groups excluding carboxylic acids is 1. The van der Waals surface area contributed by atoms with E-state index in [1.54, 1.807) is 19.1 Å². The lowest BCUT2D eigenvalue weighted by Gasteiger charge is -2.24. The first-order valence-corrected chi connectivity index (χ1v) is 9.96. The van der Waals surface area contributed by atoms with E-state index in [0.29, 0.717) is 12.4 Å². The van der Waals surface area contributed by atoms with Crippen LogP contribution in [-0.2, 0) is 14.8 Å². The van der Waals surface area contributed by atoms with E-state index in [4.69, 9.17) is 4.74 Å². The highest BCUT2D eigenvalue weighted by atomic mass is 32.2. The van der Waals surface area contributed by atoms with Crippen molar-refractivity contribution in [1.29, 1.82) is 0 Å². The van der Waals surface area contributed by atoms with Crippen LogP contribution in [0.4, 0.5) is 0 Å². The van der Waals surface area contributed by atoms with Crippen LogP contribution in [0.25, 0.3) is 0 Å². The summed E-state index contributed by atoms with van der Waals surface area (Å²) >= 11 is 0. The van der Waals surface area contributed by atoms with Crippen LogP contribution < -0.4 is 14.8 Å². The summed E-state index contributed by atoms with van der Waals surface area (Å²) in [4.78, 5) is 12.3. The molecular weight excluding hydrogens is 328 g/mol. The molecule has 1 fully saturated rings. The Morgan fingerprint density at radius 2 is 1.83 bits per heavy atom. The number of rotatable bonds is 7. The summed E-state index contributed by atoms with van der Waals surface area (Å²) in [5.74, 6) is 0.330. The average molecular weight is 354 g/mol. The number of benzene rings is 1. The first kappa shape index (κ1) is 18.7. The molecule has 1 aromatic carbocycles. The highest BCUT2D eigenvalue weighted by Crippen LogP contribution is 2.18. The minimum atomic E-state index is -3.74. The molecular formula is C17H26N2O4S.